The van der Waals surface area contributed by atoms with Crippen LogP contribution in [0.15, 0.2) is 0 Å². The van der Waals surface area contributed by atoms with E-state index in [-0.39, 0.29) is 24.5 Å². The van der Waals surface area contributed by atoms with Crippen LogP contribution in [0.25, 0.3) is 0 Å². The van der Waals surface area contributed by atoms with E-state index in [1.807, 2.05) is 27.7 Å². The van der Waals surface area contributed by atoms with Gasteiger partial charge in [0.1, 0.15) is 12.6 Å². The smallest absolute Gasteiger partial charge is 0.246 e. The van der Waals surface area contributed by atoms with Crippen LogP contribution in [0.2, 0.25) is 0 Å². The van der Waals surface area contributed by atoms with Crippen molar-refractivity contribution in [3.05, 3.63) is 0 Å². The summed E-state index contributed by atoms with van der Waals surface area (Å²) in [6.07, 6.45) is 0.00539. The minimum Gasteiger partial charge on any atom is -0.369 e. The van der Waals surface area contributed by atoms with Gasteiger partial charge in [0, 0.05) is 6.54 Å². The molecule has 5 nitrogen and oxygen atoms in total. The van der Waals surface area contributed by atoms with Crippen LogP contribution in [-0.2, 0) is 14.3 Å². The van der Waals surface area contributed by atoms with Crippen LogP contribution in [0.5, 0.6) is 0 Å². The van der Waals surface area contributed by atoms with E-state index in [1.54, 1.807) is 6.92 Å². The third kappa shape index (κ3) is 8.68. The molecule has 0 heterocycles. The van der Waals surface area contributed by atoms with E-state index in [1.165, 1.54) is 0 Å². The number of amides is 2. The van der Waals surface area contributed by atoms with Gasteiger partial charge in [0.05, 0.1) is 6.10 Å². The van der Waals surface area contributed by atoms with Crippen molar-refractivity contribution < 1.29 is 14.3 Å². The molecule has 0 fully saturated rings. The average Bonchev–Trinajstić information content (AvgIpc) is 2.22. The summed E-state index contributed by atoms with van der Waals surface area (Å²) in [5, 5.41) is 5.34. The minimum absolute atomic E-state index is 0.00539. The Morgan fingerprint density at radius 2 is 1.71 bits per heavy atom. The van der Waals surface area contributed by atoms with E-state index in [4.69, 9.17) is 4.74 Å². The quantitative estimate of drug-likeness (QED) is 0.692. The van der Waals surface area contributed by atoms with Crippen LogP contribution in [-0.4, -0.2) is 37.1 Å². The second kappa shape index (κ2) is 8.06. The molecule has 5 heteroatoms. The highest BCUT2D eigenvalue weighted by atomic mass is 16.5. The summed E-state index contributed by atoms with van der Waals surface area (Å²) in [5.74, 6) is -0.0476. The van der Waals surface area contributed by atoms with E-state index in [2.05, 4.69) is 10.6 Å². The van der Waals surface area contributed by atoms with Crippen molar-refractivity contribution in [3.8, 4) is 0 Å². The average molecular weight is 244 g/mol. The predicted molar refractivity (Wildman–Crippen MR) is 66.5 cm³/mol. The maximum Gasteiger partial charge on any atom is 0.246 e. The Balaban J connectivity index is 3.86. The van der Waals surface area contributed by atoms with Crippen molar-refractivity contribution in [3.63, 3.8) is 0 Å². The Kier molecular flexibility index (Phi) is 7.54. The summed E-state index contributed by atoms with van der Waals surface area (Å²) in [4.78, 5) is 22.9. The molecule has 0 saturated carbocycles. The van der Waals surface area contributed by atoms with Gasteiger partial charge in [0.25, 0.3) is 0 Å². The van der Waals surface area contributed by atoms with Crippen LogP contribution >= 0.6 is 0 Å². The van der Waals surface area contributed by atoms with Gasteiger partial charge in [0.2, 0.25) is 11.8 Å². The maximum atomic E-state index is 11.6. The van der Waals surface area contributed by atoms with Crippen LogP contribution in [0, 0.1) is 5.92 Å². The second-order valence-electron chi connectivity index (χ2n) is 4.79. The number of hydrogen-bond donors (Lipinski definition) is 2. The fraction of sp³-hybridized carbons (Fsp3) is 0.833. The first-order valence-corrected chi connectivity index (χ1v) is 6.01. The zero-order valence-corrected chi connectivity index (χ0v) is 11.4. The molecule has 0 radical (unpaired) electrons. The van der Waals surface area contributed by atoms with Crippen LogP contribution in [0.1, 0.15) is 34.6 Å². The second-order valence-corrected chi connectivity index (χ2v) is 4.79. The predicted octanol–water partition coefficient (Wildman–Crippen LogP) is 0.688. The molecular weight excluding hydrogens is 220 g/mol. The van der Waals surface area contributed by atoms with Gasteiger partial charge in [-0.05, 0) is 26.7 Å². The summed E-state index contributed by atoms with van der Waals surface area (Å²) >= 11 is 0. The number of nitrogens with one attached hydrogen (secondary N) is 2. The van der Waals surface area contributed by atoms with Crippen LogP contribution in [0.3, 0.4) is 0 Å². The molecule has 0 aliphatic carbocycles. The van der Waals surface area contributed by atoms with Gasteiger partial charge in [-0.15, -0.1) is 0 Å². The highest BCUT2D eigenvalue weighted by Crippen LogP contribution is 1.90. The normalized spacial score (nSPS) is 12.6. The zero-order chi connectivity index (χ0) is 13.4. The van der Waals surface area contributed by atoms with Crippen molar-refractivity contribution in [1.82, 2.24) is 10.6 Å². The molecular formula is C12H24N2O3. The van der Waals surface area contributed by atoms with Gasteiger partial charge in [0.15, 0.2) is 0 Å². The molecule has 0 aliphatic rings. The number of carbonyl (C=O) groups excluding carboxylic acids is 2. The van der Waals surface area contributed by atoms with Gasteiger partial charge >= 0.3 is 0 Å². The molecule has 2 amide bonds. The molecule has 0 rings (SSSR count). The van der Waals surface area contributed by atoms with Crippen LogP contribution < -0.4 is 10.6 Å². The lowest BCUT2D eigenvalue weighted by atomic mass is 10.2. The van der Waals surface area contributed by atoms with Gasteiger partial charge in [-0.1, -0.05) is 13.8 Å². The summed E-state index contributed by atoms with van der Waals surface area (Å²) in [5.41, 5.74) is 0. The molecule has 0 spiro atoms. The molecule has 0 aromatic rings. The SMILES string of the molecule is CC(C)CNC(=O)C(C)NC(=O)COC(C)C. The lowest BCUT2D eigenvalue weighted by molar-refractivity contribution is -0.132. The number of carbonyl (C=O) groups is 2. The minimum atomic E-state index is -0.531. The Morgan fingerprint density at radius 3 is 2.18 bits per heavy atom. The molecule has 0 aliphatic heterocycles. The lowest BCUT2D eigenvalue weighted by Gasteiger charge is -2.15. The van der Waals surface area contributed by atoms with Crippen LogP contribution in [0.4, 0.5) is 0 Å². The Labute approximate surface area is 103 Å². The first-order valence-electron chi connectivity index (χ1n) is 6.01. The van der Waals surface area contributed by atoms with Crippen molar-refractivity contribution in [1.29, 1.82) is 0 Å². The van der Waals surface area contributed by atoms with E-state index >= 15 is 0 Å². The molecule has 0 bridgehead atoms. The van der Waals surface area contributed by atoms with Gasteiger partial charge < -0.3 is 15.4 Å². The molecule has 0 aromatic heterocycles. The van der Waals surface area contributed by atoms with E-state index in [0.717, 1.165) is 0 Å². The first-order chi connectivity index (χ1) is 7.82. The first kappa shape index (κ1) is 15.9. The fourth-order valence-electron chi connectivity index (χ4n) is 1.05. The largest absolute Gasteiger partial charge is 0.369 e. The Hall–Kier alpha value is -1.10. The maximum absolute atomic E-state index is 11.6. The highest BCUT2D eigenvalue weighted by Gasteiger charge is 2.15. The molecule has 17 heavy (non-hydrogen) atoms. The monoisotopic (exact) mass is 244 g/mol. The Morgan fingerprint density at radius 1 is 1.12 bits per heavy atom. The topological polar surface area (TPSA) is 67.4 Å². The summed E-state index contributed by atoms with van der Waals surface area (Å²) in [6.45, 7) is 9.99. The van der Waals surface area contributed by atoms with E-state index < -0.39 is 6.04 Å². The van der Waals surface area contributed by atoms with E-state index in [9.17, 15) is 9.59 Å². The number of rotatable bonds is 7. The fourth-order valence-corrected chi connectivity index (χ4v) is 1.05. The Bertz CT molecular complexity index is 252. The standard InChI is InChI=1S/C12H24N2O3/c1-8(2)6-13-12(16)10(5)14-11(15)7-17-9(3)4/h8-10H,6-7H2,1-5H3,(H,13,16)(H,14,15). The summed E-state index contributed by atoms with van der Waals surface area (Å²) < 4.78 is 5.14. The molecule has 0 aromatic carbocycles. The van der Waals surface area contributed by atoms with Gasteiger partial charge in [-0.3, -0.25) is 9.59 Å². The molecule has 100 valence electrons. The van der Waals surface area contributed by atoms with Gasteiger partial charge in [-0.25, -0.2) is 0 Å². The van der Waals surface area contributed by atoms with E-state index in [0.29, 0.717) is 12.5 Å². The highest BCUT2D eigenvalue weighted by molar-refractivity contribution is 5.87. The van der Waals surface area contributed by atoms with Crippen molar-refractivity contribution in [2.45, 2.75) is 46.8 Å². The van der Waals surface area contributed by atoms with Crippen molar-refractivity contribution in [2.75, 3.05) is 13.2 Å². The molecule has 1 atom stereocenters. The van der Waals surface area contributed by atoms with Crippen molar-refractivity contribution in [2.24, 2.45) is 5.92 Å². The number of hydrogen-bond acceptors (Lipinski definition) is 3. The van der Waals surface area contributed by atoms with Crippen molar-refractivity contribution >= 4 is 11.8 Å². The third-order valence-electron chi connectivity index (χ3n) is 2.00. The molecule has 2 N–H and O–H groups in total. The zero-order valence-electron chi connectivity index (χ0n) is 11.4. The lowest BCUT2D eigenvalue weighted by Crippen LogP contribution is -2.46. The third-order valence-corrected chi connectivity index (χ3v) is 2.00. The number of ether oxygens (including phenoxy) is 1. The molecule has 1 unspecified atom stereocenters. The van der Waals surface area contributed by atoms with Gasteiger partial charge in [-0.2, -0.15) is 0 Å². The summed E-state index contributed by atoms with van der Waals surface area (Å²) in [6, 6.07) is -0.531. The summed E-state index contributed by atoms with van der Waals surface area (Å²) in [7, 11) is 0. The molecule has 0 saturated heterocycles.